The van der Waals surface area contributed by atoms with Gasteiger partial charge in [-0.25, -0.2) is 4.79 Å². The number of esters is 1. The minimum atomic E-state index is -0.235. The van der Waals surface area contributed by atoms with E-state index in [1.807, 2.05) is 6.92 Å². The van der Waals surface area contributed by atoms with Gasteiger partial charge in [0.05, 0.1) is 17.2 Å². The van der Waals surface area contributed by atoms with Crippen molar-refractivity contribution in [2.45, 2.75) is 63.5 Å². The summed E-state index contributed by atoms with van der Waals surface area (Å²) in [5, 5.41) is 7.59. The van der Waals surface area contributed by atoms with Crippen molar-refractivity contribution in [3.05, 3.63) is 10.6 Å². The Balaban J connectivity index is 1.70. The Kier molecular flexibility index (Phi) is 6.82. The third-order valence-electron chi connectivity index (χ3n) is 5.52. The third-order valence-corrected chi connectivity index (χ3v) is 6.94. The number of rotatable bonds is 5. The molecule has 2 fully saturated rings. The van der Waals surface area contributed by atoms with Gasteiger partial charge in [-0.1, -0.05) is 19.3 Å². The summed E-state index contributed by atoms with van der Waals surface area (Å²) in [6, 6.07) is 0. The maximum Gasteiger partial charge on any atom is 0.336 e. The average molecular weight is 367 g/mol. The second-order valence-corrected chi connectivity index (χ2v) is 8.56. The minimum absolute atomic E-state index is 0.0488. The molecule has 2 aliphatic heterocycles. The molecular formula is C19H30N2O3S. The number of ether oxygens (including phenoxy) is 1. The van der Waals surface area contributed by atoms with Crippen molar-refractivity contribution in [2.24, 2.45) is 11.8 Å². The van der Waals surface area contributed by atoms with E-state index in [0.29, 0.717) is 24.2 Å². The van der Waals surface area contributed by atoms with Gasteiger partial charge in [-0.15, -0.1) is 11.8 Å². The summed E-state index contributed by atoms with van der Waals surface area (Å²) in [6.45, 7) is 4.20. The smallest absolute Gasteiger partial charge is 0.336 e. The van der Waals surface area contributed by atoms with Crippen molar-refractivity contribution < 1.29 is 14.3 Å². The highest BCUT2D eigenvalue weighted by Crippen LogP contribution is 2.47. The van der Waals surface area contributed by atoms with Crippen molar-refractivity contribution in [1.82, 2.24) is 10.6 Å². The van der Waals surface area contributed by atoms with E-state index in [4.69, 9.17) is 4.74 Å². The van der Waals surface area contributed by atoms with Gasteiger partial charge in [-0.2, -0.15) is 0 Å². The molecule has 25 heavy (non-hydrogen) atoms. The van der Waals surface area contributed by atoms with Gasteiger partial charge in [0, 0.05) is 17.6 Å². The molecule has 0 spiro atoms. The lowest BCUT2D eigenvalue weighted by atomic mass is 9.91. The van der Waals surface area contributed by atoms with Gasteiger partial charge in [-0.3, -0.25) is 4.79 Å². The van der Waals surface area contributed by atoms with Crippen LogP contribution in [-0.4, -0.2) is 36.8 Å². The van der Waals surface area contributed by atoms with Gasteiger partial charge in [-0.05, 0) is 51.6 Å². The van der Waals surface area contributed by atoms with E-state index >= 15 is 0 Å². The molecule has 0 radical (unpaired) electrons. The molecule has 1 saturated heterocycles. The zero-order chi connectivity index (χ0) is 17.6. The Morgan fingerprint density at radius 3 is 2.68 bits per heavy atom. The number of carbonyl (C=O) groups excluding carboxylic acids is 2. The Labute approximate surface area is 154 Å². The molecule has 5 nitrogen and oxygen atoms in total. The number of amides is 1. The number of fused-ring (bicyclic) bond motifs is 1. The van der Waals surface area contributed by atoms with Crippen LogP contribution in [0.3, 0.4) is 0 Å². The van der Waals surface area contributed by atoms with E-state index in [0.717, 1.165) is 55.8 Å². The molecule has 0 aromatic heterocycles. The molecule has 1 saturated carbocycles. The summed E-state index contributed by atoms with van der Waals surface area (Å²) in [6.07, 6.45) is 8.40. The van der Waals surface area contributed by atoms with Gasteiger partial charge < -0.3 is 15.4 Å². The van der Waals surface area contributed by atoms with Crippen LogP contribution >= 0.6 is 11.8 Å². The second-order valence-electron chi connectivity index (χ2n) is 7.31. The zero-order valence-electron chi connectivity index (χ0n) is 15.1. The van der Waals surface area contributed by atoms with Gasteiger partial charge in [0.25, 0.3) is 0 Å². The van der Waals surface area contributed by atoms with Crippen LogP contribution in [0.2, 0.25) is 0 Å². The van der Waals surface area contributed by atoms with Crippen LogP contribution in [0.4, 0.5) is 0 Å². The number of hydrogen-bond donors (Lipinski definition) is 2. The second kappa shape index (κ2) is 9.08. The average Bonchev–Trinajstić information content (AvgIpc) is 2.77. The normalized spacial score (nSPS) is 27.6. The van der Waals surface area contributed by atoms with E-state index < -0.39 is 0 Å². The lowest BCUT2D eigenvalue weighted by Gasteiger charge is -2.22. The Hall–Kier alpha value is -1.01. The molecule has 1 amide bonds. The van der Waals surface area contributed by atoms with Crippen LogP contribution in [-0.2, 0) is 14.3 Å². The first-order valence-corrected chi connectivity index (χ1v) is 10.7. The summed E-state index contributed by atoms with van der Waals surface area (Å²) in [4.78, 5) is 25.1. The van der Waals surface area contributed by atoms with Gasteiger partial charge in [0.15, 0.2) is 0 Å². The molecule has 140 valence electrons. The zero-order valence-corrected chi connectivity index (χ0v) is 16.0. The van der Waals surface area contributed by atoms with Crippen LogP contribution in [0.1, 0.15) is 58.3 Å². The maximum absolute atomic E-state index is 12.5. The SMILES string of the molecule is CCOC(=O)C1=C(NC(=O)CC2CCNCC2)SC2CCCCCC12. The molecule has 2 heterocycles. The van der Waals surface area contributed by atoms with E-state index in [1.165, 1.54) is 12.8 Å². The molecule has 2 N–H and O–H groups in total. The lowest BCUT2D eigenvalue weighted by molar-refractivity contribution is -0.139. The Morgan fingerprint density at radius 1 is 1.16 bits per heavy atom. The highest BCUT2D eigenvalue weighted by atomic mass is 32.2. The standard InChI is InChI=1S/C19H30N2O3S/c1-2-24-19(23)17-14-6-4-3-5-7-15(14)25-18(17)21-16(22)12-13-8-10-20-11-9-13/h13-15,20H,2-12H2,1H3,(H,21,22). The number of thioether (sulfide) groups is 1. The van der Waals surface area contributed by atoms with Crippen molar-refractivity contribution in [3.8, 4) is 0 Å². The first kappa shape index (κ1) is 18.8. The van der Waals surface area contributed by atoms with Crippen LogP contribution < -0.4 is 10.6 Å². The predicted molar refractivity (Wildman–Crippen MR) is 100.0 cm³/mol. The van der Waals surface area contributed by atoms with Gasteiger partial charge >= 0.3 is 5.97 Å². The molecular weight excluding hydrogens is 336 g/mol. The van der Waals surface area contributed by atoms with E-state index in [2.05, 4.69) is 10.6 Å². The first-order valence-electron chi connectivity index (χ1n) is 9.77. The molecule has 3 rings (SSSR count). The highest BCUT2D eigenvalue weighted by molar-refractivity contribution is 8.04. The van der Waals surface area contributed by atoms with Crippen LogP contribution in [0.5, 0.6) is 0 Å². The van der Waals surface area contributed by atoms with Crippen molar-refractivity contribution in [1.29, 1.82) is 0 Å². The van der Waals surface area contributed by atoms with E-state index in [-0.39, 0.29) is 17.8 Å². The minimum Gasteiger partial charge on any atom is -0.463 e. The predicted octanol–water partition coefficient (Wildman–Crippen LogP) is 2.96. The van der Waals surface area contributed by atoms with Crippen molar-refractivity contribution in [2.75, 3.05) is 19.7 Å². The van der Waals surface area contributed by atoms with E-state index in [9.17, 15) is 9.59 Å². The van der Waals surface area contributed by atoms with Gasteiger partial charge in [0.2, 0.25) is 5.91 Å². The number of hydrogen-bond acceptors (Lipinski definition) is 5. The molecule has 6 heteroatoms. The van der Waals surface area contributed by atoms with E-state index in [1.54, 1.807) is 11.8 Å². The molecule has 0 aromatic rings. The fourth-order valence-corrected chi connectivity index (χ4v) is 5.76. The fraction of sp³-hybridized carbons (Fsp3) is 0.789. The summed E-state index contributed by atoms with van der Waals surface area (Å²) in [5.74, 6) is 0.500. The fourth-order valence-electron chi connectivity index (χ4n) is 4.20. The molecule has 0 aromatic carbocycles. The topological polar surface area (TPSA) is 67.4 Å². The third kappa shape index (κ3) is 4.79. The summed E-state index contributed by atoms with van der Waals surface area (Å²) >= 11 is 1.70. The molecule has 2 atom stereocenters. The lowest BCUT2D eigenvalue weighted by Crippen LogP contribution is -2.32. The summed E-state index contributed by atoms with van der Waals surface area (Å²) in [7, 11) is 0. The van der Waals surface area contributed by atoms with Crippen molar-refractivity contribution >= 4 is 23.6 Å². The quantitative estimate of drug-likeness (QED) is 0.732. The molecule has 0 bridgehead atoms. The van der Waals surface area contributed by atoms with Crippen LogP contribution in [0.25, 0.3) is 0 Å². The molecule has 3 aliphatic rings. The maximum atomic E-state index is 12.5. The highest BCUT2D eigenvalue weighted by Gasteiger charge is 2.40. The van der Waals surface area contributed by atoms with Gasteiger partial charge in [0.1, 0.15) is 0 Å². The van der Waals surface area contributed by atoms with Crippen LogP contribution in [0.15, 0.2) is 10.6 Å². The summed E-state index contributed by atoms with van der Waals surface area (Å²) in [5.41, 5.74) is 0.734. The Bertz CT molecular complexity index is 529. The van der Waals surface area contributed by atoms with Crippen molar-refractivity contribution in [3.63, 3.8) is 0 Å². The monoisotopic (exact) mass is 366 g/mol. The first-order chi connectivity index (χ1) is 12.2. The number of nitrogens with one attached hydrogen (secondary N) is 2. The number of piperidine rings is 1. The van der Waals surface area contributed by atoms with Crippen LogP contribution in [0, 0.1) is 11.8 Å². The Morgan fingerprint density at radius 2 is 1.92 bits per heavy atom. The largest absolute Gasteiger partial charge is 0.463 e. The summed E-state index contributed by atoms with van der Waals surface area (Å²) < 4.78 is 5.31. The molecule has 2 unspecified atom stereocenters. The molecule has 1 aliphatic carbocycles. The number of carbonyl (C=O) groups is 2.